The van der Waals surface area contributed by atoms with E-state index in [1.807, 2.05) is 13.0 Å². The van der Waals surface area contributed by atoms with Gasteiger partial charge in [0.15, 0.2) is 5.11 Å². The SMILES string of the molecule is Cc1ccc(C(C)NC(=S)Nc2cccc(N(C)S(C)(=O)=O)c2)cc1. The maximum absolute atomic E-state index is 11.7. The summed E-state index contributed by atoms with van der Waals surface area (Å²) in [6, 6.07) is 15.4. The fourth-order valence-electron chi connectivity index (χ4n) is 2.27. The number of hydrogen-bond donors (Lipinski definition) is 2. The summed E-state index contributed by atoms with van der Waals surface area (Å²) < 4.78 is 24.5. The Kier molecular flexibility index (Phi) is 6.02. The van der Waals surface area contributed by atoms with Crippen LogP contribution >= 0.6 is 12.2 Å². The van der Waals surface area contributed by atoms with Crippen LogP contribution in [0.4, 0.5) is 11.4 Å². The number of nitrogens with one attached hydrogen (secondary N) is 2. The van der Waals surface area contributed by atoms with Gasteiger partial charge in [0.2, 0.25) is 10.0 Å². The van der Waals surface area contributed by atoms with Crippen molar-refractivity contribution in [2.24, 2.45) is 0 Å². The second kappa shape index (κ2) is 7.84. The molecule has 0 spiro atoms. The van der Waals surface area contributed by atoms with Gasteiger partial charge in [-0.15, -0.1) is 0 Å². The zero-order valence-electron chi connectivity index (χ0n) is 14.8. The molecule has 134 valence electrons. The van der Waals surface area contributed by atoms with Crippen LogP contribution in [0.1, 0.15) is 24.1 Å². The Bertz CT molecular complexity index is 849. The molecule has 0 saturated heterocycles. The Balaban J connectivity index is 2.04. The topological polar surface area (TPSA) is 61.4 Å². The molecule has 0 saturated carbocycles. The molecule has 0 aliphatic rings. The molecule has 7 heteroatoms. The van der Waals surface area contributed by atoms with Crippen LogP contribution in [-0.2, 0) is 10.0 Å². The third kappa shape index (κ3) is 5.44. The minimum absolute atomic E-state index is 0.0578. The fourth-order valence-corrected chi connectivity index (χ4v) is 3.06. The molecular formula is C18H23N3O2S2. The molecule has 0 aromatic heterocycles. The van der Waals surface area contributed by atoms with E-state index >= 15 is 0 Å². The van der Waals surface area contributed by atoms with Gasteiger partial charge >= 0.3 is 0 Å². The van der Waals surface area contributed by atoms with Crippen LogP contribution in [0.5, 0.6) is 0 Å². The average Bonchev–Trinajstić information content (AvgIpc) is 2.54. The first kappa shape index (κ1) is 19.2. The van der Waals surface area contributed by atoms with Crippen molar-refractivity contribution in [2.75, 3.05) is 22.9 Å². The van der Waals surface area contributed by atoms with Crippen LogP contribution in [0.15, 0.2) is 48.5 Å². The quantitative estimate of drug-likeness (QED) is 0.782. The number of anilines is 2. The first-order valence-corrected chi connectivity index (χ1v) is 10.1. The van der Waals surface area contributed by atoms with E-state index in [9.17, 15) is 8.42 Å². The second-order valence-corrected chi connectivity index (χ2v) is 8.43. The van der Waals surface area contributed by atoms with E-state index in [1.54, 1.807) is 18.2 Å². The van der Waals surface area contributed by atoms with Crippen LogP contribution in [-0.4, -0.2) is 26.8 Å². The van der Waals surface area contributed by atoms with Gasteiger partial charge in [0.25, 0.3) is 0 Å². The molecule has 0 bridgehead atoms. The smallest absolute Gasteiger partial charge is 0.231 e. The van der Waals surface area contributed by atoms with Crippen molar-refractivity contribution in [3.05, 3.63) is 59.7 Å². The van der Waals surface area contributed by atoms with E-state index in [2.05, 4.69) is 41.8 Å². The van der Waals surface area contributed by atoms with Gasteiger partial charge in [-0.1, -0.05) is 35.9 Å². The number of benzene rings is 2. The maximum atomic E-state index is 11.7. The van der Waals surface area contributed by atoms with Gasteiger partial charge < -0.3 is 10.6 Å². The van der Waals surface area contributed by atoms with Crippen molar-refractivity contribution in [1.29, 1.82) is 0 Å². The van der Waals surface area contributed by atoms with E-state index in [-0.39, 0.29) is 6.04 Å². The highest BCUT2D eigenvalue weighted by Crippen LogP contribution is 2.20. The predicted molar refractivity (Wildman–Crippen MR) is 109 cm³/mol. The largest absolute Gasteiger partial charge is 0.356 e. The van der Waals surface area contributed by atoms with Crippen molar-refractivity contribution >= 4 is 38.7 Å². The molecule has 2 aromatic rings. The Hall–Kier alpha value is -2.12. The van der Waals surface area contributed by atoms with Gasteiger partial charge in [-0.3, -0.25) is 4.31 Å². The van der Waals surface area contributed by atoms with Gasteiger partial charge in [-0.2, -0.15) is 0 Å². The lowest BCUT2D eigenvalue weighted by Crippen LogP contribution is -2.31. The Morgan fingerprint density at radius 3 is 2.40 bits per heavy atom. The fraction of sp³-hybridized carbons (Fsp3) is 0.278. The lowest BCUT2D eigenvalue weighted by molar-refractivity contribution is 0.600. The molecule has 25 heavy (non-hydrogen) atoms. The summed E-state index contributed by atoms with van der Waals surface area (Å²) in [7, 11) is -1.78. The molecule has 2 rings (SSSR count). The highest BCUT2D eigenvalue weighted by molar-refractivity contribution is 7.92. The number of thiocarbonyl (C=S) groups is 1. The minimum atomic E-state index is -3.30. The van der Waals surface area contributed by atoms with Gasteiger partial charge in [0.05, 0.1) is 18.0 Å². The zero-order chi connectivity index (χ0) is 18.6. The summed E-state index contributed by atoms with van der Waals surface area (Å²) in [6.45, 7) is 4.08. The molecule has 0 amide bonds. The predicted octanol–water partition coefficient (Wildman–Crippen LogP) is 3.44. The highest BCUT2D eigenvalue weighted by atomic mass is 32.2. The minimum Gasteiger partial charge on any atom is -0.356 e. The van der Waals surface area contributed by atoms with Gasteiger partial charge in [-0.05, 0) is 49.8 Å². The molecular weight excluding hydrogens is 354 g/mol. The number of sulfonamides is 1. The number of hydrogen-bond acceptors (Lipinski definition) is 3. The molecule has 2 aromatic carbocycles. The monoisotopic (exact) mass is 377 g/mol. The maximum Gasteiger partial charge on any atom is 0.231 e. The molecule has 5 nitrogen and oxygen atoms in total. The lowest BCUT2D eigenvalue weighted by atomic mass is 10.1. The average molecular weight is 378 g/mol. The van der Waals surface area contributed by atoms with Crippen LogP contribution in [0.25, 0.3) is 0 Å². The Labute approximate surface area is 155 Å². The van der Waals surface area contributed by atoms with Crippen molar-refractivity contribution in [3.63, 3.8) is 0 Å². The normalized spacial score (nSPS) is 12.3. The van der Waals surface area contributed by atoms with Gasteiger partial charge in [0.1, 0.15) is 0 Å². The second-order valence-electron chi connectivity index (χ2n) is 6.01. The molecule has 0 heterocycles. The van der Waals surface area contributed by atoms with Crippen molar-refractivity contribution in [1.82, 2.24) is 5.32 Å². The van der Waals surface area contributed by atoms with Crippen molar-refractivity contribution in [3.8, 4) is 0 Å². The van der Waals surface area contributed by atoms with Crippen molar-refractivity contribution < 1.29 is 8.42 Å². The van der Waals surface area contributed by atoms with E-state index in [1.165, 1.54) is 23.2 Å². The third-order valence-corrected chi connectivity index (χ3v) is 5.32. The summed E-state index contributed by atoms with van der Waals surface area (Å²) in [5, 5.41) is 6.81. The molecule has 0 radical (unpaired) electrons. The van der Waals surface area contributed by atoms with Crippen LogP contribution in [0.3, 0.4) is 0 Å². The zero-order valence-corrected chi connectivity index (χ0v) is 16.4. The standard InChI is InChI=1S/C18H23N3O2S2/c1-13-8-10-15(11-9-13)14(2)19-18(24)20-16-6-5-7-17(12-16)21(3)25(4,22)23/h5-12,14H,1-4H3,(H2,19,20,24). The summed E-state index contributed by atoms with van der Waals surface area (Å²) in [4.78, 5) is 0. The Morgan fingerprint density at radius 2 is 1.80 bits per heavy atom. The molecule has 1 unspecified atom stereocenters. The molecule has 1 atom stereocenters. The van der Waals surface area contributed by atoms with Crippen molar-refractivity contribution in [2.45, 2.75) is 19.9 Å². The van der Waals surface area contributed by atoms with Gasteiger partial charge in [0, 0.05) is 12.7 Å². The third-order valence-electron chi connectivity index (χ3n) is 3.89. The molecule has 0 aliphatic carbocycles. The van der Waals surface area contributed by atoms with E-state index in [0.29, 0.717) is 10.8 Å². The molecule has 0 aliphatic heterocycles. The molecule has 2 N–H and O–H groups in total. The van der Waals surface area contributed by atoms with Crippen LogP contribution in [0.2, 0.25) is 0 Å². The first-order chi connectivity index (χ1) is 11.7. The van der Waals surface area contributed by atoms with Crippen LogP contribution in [0, 0.1) is 6.92 Å². The van der Waals surface area contributed by atoms with E-state index < -0.39 is 10.0 Å². The number of nitrogens with zero attached hydrogens (tertiary/aromatic N) is 1. The molecule has 0 fully saturated rings. The Morgan fingerprint density at radius 1 is 1.16 bits per heavy atom. The number of rotatable bonds is 5. The highest BCUT2D eigenvalue weighted by Gasteiger charge is 2.12. The summed E-state index contributed by atoms with van der Waals surface area (Å²) in [5.74, 6) is 0. The summed E-state index contributed by atoms with van der Waals surface area (Å²) in [5.41, 5.74) is 3.65. The number of aryl methyl sites for hydroxylation is 1. The van der Waals surface area contributed by atoms with E-state index in [4.69, 9.17) is 12.2 Å². The summed E-state index contributed by atoms with van der Waals surface area (Å²) in [6.07, 6.45) is 1.17. The van der Waals surface area contributed by atoms with Crippen LogP contribution < -0.4 is 14.9 Å². The first-order valence-electron chi connectivity index (χ1n) is 7.85. The van der Waals surface area contributed by atoms with Gasteiger partial charge in [-0.25, -0.2) is 8.42 Å². The lowest BCUT2D eigenvalue weighted by Gasteiger charge is -2.20. The summed E-state index contributed by atoms with van der Waals surface area (Å²) >= 11 is 5.37. The van der Waals surface area contributed by atoms with E-state index in [0.717, 1.165) is 11.3 Å².